The van der Waals surface area contributed by atoms with Gasteiger partial charge in [0.1, 0.15) is 11.9 Å². The zero-order valence-corrected chi connectivity index (χ0v) is 8.96. The Kier molecular flexibility index (Phi) is 3.17. The van der Waals surface area contributed by atoms with Crippen LogP contribution in [0.15, 0.2) is 24.3 Å². The Bertz CT molecular complexity index is 397. The number of carbonyl (C=O) groups is 1. The fraction of sp³-hybridized carbons (Fsp3) is 0.364. The van der Waals surface area contributed by atoms with Gasteiger partial charge in [-0.05, 0) is 31.5 Å². The van der Waals surface area contributed by atoms with Crippen molar-refractivity contribution in [3.8, 4) is 0 Å². The van der Waals surface area contributed by atoms with Crippen LogP contribution in [0.1, 0.15) is 13.3 Å². The second kappa shape index (κ2) is 4.59. The standard InChI is InChI=1S/C11H14FN3O/c1-7-5-10(15-14-7)11(16)13-9-4-2-3-8(12)6-9/h2-4,6-7,10,14-15H,5H2,1H3,(H,13,16). The minimum absolute atomic E-state index is 0.151. The summed E-state index contributed by atoms with van der Waals surface area (Å²) < 4.78 is 12.9. The maximum absolute atomic E-state index is 12.9. The average molecular weight is 223 g/mol. The van der Waals surface area contributed by atoms with Gasteiger partial charge in [-0.15, -0.1) is 0 Å². The van der Waals surface area contributed by atoms with Gasteiger partial charge in [-0.25, -0.2) is 9.82 Å². The molecule has 5 heteroatoms. The van der Waals surface area contributed by atoms with Crippen molar-refractivity contribution in [3.05, 3.63) is 30.1 Å². The lowest BCUT2D eigenvalue weighted by atomic mass is 10.1. The summed E-state index contributed by atoms with van der Waals surface area (Å²) in [6, 6.07) is 5.86. The molecule has 1 heterocycles. The molecule has 2 atom stereocenters. The van der Waals surface area contributed by atoms with Crippen LogP contribution in [0.2, 0.25) is 0 Å². The molecule has 1 amide bonds. The summed E-state index contributed by atoms with van der Waals surface area (Å²) in [5, 5.41) is 2.66. The van der Waals surface area contributed by atoms with E-state index in [1.54, 1.807) is 12.1 Å². The van der Waals surface area contributed by atoms with E-state index in [4.69, 9.17) is 0 Å². The number of benzene rings is 1. The number of hydrogen-bond donors (Lipinski definition) is 3. The largest absolute Gasteiger partial charge is 0.325 e. The van der Waals surface area contributed by atoms with Gasteiger partial charge in [0.15, 0.2) is 0 Å². The van der Waals surface area contributed by atoms with Gasteiger partial charge in [0.25, 0.3) is 0 Å². The minimum atomic E-state index is -0.358. The third kappa shape index (κ3) is 2.56. The van der Waals surface area contributed by atoms with Crippen LogP contribution in [-0.4, -0.2) is 18.0 Å². The molecule has 0 spiro atoms. The van der Waals surface area contributed by atoms with Crippen LogP contribution in [0.25, 0.3) is 0 Å². The Morgan fingerprint density at radius 1 is 1.50 bits per heavy atom. The van der Waals surface area contributed by atoms with Gasteiger partial charge >= 0.3 is 0 Å². The Balaban J connectivity index is 1.97. The van der Waals surface area contributed by atoms with Gasteiger partial charge in [-0.2, -0.15) is 0 Å². The molecule has 16 heavy (non-hydrogen) atoms. The molecule has 1 aromatic carbocycles. The van der Waals surface area contributed by atoms with Crippen LogP contribution in [0.4, 0.5) is 10.1 Å². The van der Waals surface area contributed by atoms with Crippen LogP contribution in [0.3, 0.4) is 0 Å². The molecule has 86 valence electrons. The second-order valence-corrected chi connectivity index (χ2v) is 3.98. The van der Waals surface area contributed by atoms with E-state index in [0.717, 1.165) is 6.42 Å². The molecule has 4 nitrogen and oxygen atoms in total. The fourth-order valence-electron chi connectivity index (χ4n) is 1.68. The Hall–Kier alpha value is -1.46. The Labute approximate surface area is 93.2 Å². The highest BCUT2D eigenvalue weighted by molar-refractivity contribution is 5.94. The Morgan fingerprint density at radius 2 is 2.31 bits per heavy atom. The van der Waals surface area contributed by atoms with Crippen molar-refractivity contribution < 1.29 is 9.18 Å². The van der Waals surface area contributed by atoms with Gasteiger partial charge in [-0.1, -0.05) is 6.07 Å². The SMILES string of the molecule is CC1CC(C(=O)Nc2cccc(F)c2)NN1. The fourth-order valence-corrected chi connectivity index (χ4v) is 1.68. The van der Waals surface area contributed by atoms with E-state index in [9.17, 15) is 9.18 Å². The number of rotatable bonds is 2. The van der Waals surface area contributed by atoms with Crippen molar-refractivity contribution in [2.75, 3.05) is 5.32 Å². The molecule has 1 saturated heterocycles. The molecule has 1 fully saturated rings. The molecule has 0 aliphatic carbocycles. The van der Waals surface area contributed by atoms with Crippen molar-refractivity contribution in [1.29, 1.82) is 0 Å². The second-order valence-electron chi connectivity index (χ2n) is 3.98. The number of halogens is 1. The van der Waals surface area contributed by atoms with Crippen molar-refractivity contribution in [3.63, 3.8) is 0 Å². The summed E-state index contributed by atoms with van der Waals surface area (Å²) in [6.07, 6.45) is 0.723. The first-order chi connectivity index (χ1) is 7.65. The number of anilines is 1. The van der Waals surface area contributed by atoms with Crippen molar-refractivity contribution in [2.45, 2.75) is 25.4 Å². The highest BCUT2D eigenvalue weighted by Gasteiger charge is 2.26. The minimum Gasteiger partial charge on any atom is -0.325 e. The molecule has 3 N–H and O–H groups in total. The number of hydrazine groups is 1. The third-order valence-corrected chi connectivity index (χ3v) is 2.50. The highest BCUT2D eigenvalue weighted by atomic mass is 19.1. The smallest absolute Gasteiger partial charge is 0.242 e. The van der Waals surface area contributed by atoms with Gasteiger partial charge in [-0.3, -0.25) is 10.2 Å². The molecule has 1 aliphatic rings. The van der Waals surface area contributed by atoms with Crippen LogP contribution in [-0.2, 0) is 4.79 Å². The first-order valence-electron chi connectivity index (χ1n) is 5.22. The van der Waals surface area contributed by atoms with Crippen LogP contribution >= 0.6 is 0 Å². The molecule has 1 aromatic rings. The molecule has 0 bridgehead atoms. The molecule has 2 unspecified atom stereocenters. The molecular weight excluding hydrogens is 209 g/mol. The van der Waals surface area contributed by atoms with Gasteiger partial charge < -0.3 is 5.32 Å². The predicted octanol–water partition coefficient (Wildman–Crippen LogP) is 1.02. The average Bonchev–Trinajstić information content (AvgIpc) is 2.65. The summed E-state index contributed by atoms with van der Waals surface area (Å²) in [6.45, 7) is 1.99. The predicted molar refractivity (Wildman–Crippen MR) is 59.2 cm³/mol. The number of hydrogen-bond acceptors (Lipinski definition) is 3. The van der Waals surface area contributed by atoms with E-state index in [1.807, 2.05) is 6.92 Å². The third-order valence-electron chi connectivity index (χ3n) is 2.50. The van der Waals surface area contributed by atoms with Gasteiger partial charge in [0.2, 0.25) is 5.91 Å². The first-order valence-corrected chi connectivity index (χ1v) is 5.22. The molecule has 0 aromatic heterocycles. The topological polar surface area (TPSA) is 53.2 Å². The molecule has 0 saturated carbocycles. The highest BCUT2D eigenvalue weighted by Crippen LogP contribution is 2.11. The van der Waals surface area contributed by atoms with E-state index < -0.39 is 0 Å². The monoisotopic (exact) mass is 223 g/mol. The van der Waals surface area contributed by atoms with Crippen molar-refractivity contribution in [2.24, 2.45) is 0 Å². The Morgan fingerprint density at radius 3 is 2.94 bits per heavy atom. The van der Waals surface area contributed by atoms with E-state index in [1.165, 1.54) is 12.1 Å². The molecule has 0 radical (unpaired) electrons. The molecule has 1 aliphatic heterocycles. The maximum atomic E-state index is 12.9. The van der Waals surface area contributed by atoms with Crippen molar-refractivity contribution in [1.82, 2.24) is 10.9 Å². The van der Waals surface area contributed by atoms with E-state index in [2.05, 4.69) is 16.2 Å². The summed E-state index contributed by atoms with van der Waals surface area (Å²) in [5.41, 5.74) is 6.33. The lowest BCUT2D eigenvalue weighted by Crippen LogP contribution is -2.39. The first kappa shape index (κ1) is 11.0. The molecular formula is C11H14FN3O. The van der Waals surface area contributed by atoms with Crippen LogP contribution in [0, 0.1) is 5.82 Å². The number of nitrogens with one attached hydrogen (secondary N) is 3. The zero-order chi connectivity index (χ0) is 11.5. The summed E-state index contributed by atoms with van der Waals surface area (Å²) in [5.74, 6) is -0.508. The van der Waals surface area contributed by atoms with Crippen molar-refractivity contribution >= 4 is 11.6 Å². The normalized spacial score (nSPS) is 24.4. The maximum Gasteiger partial charge on any atom is 0.242 e. The lowest BCUT2D eigenvalue weighted by molar-refractivity contribution is -0.117. The van der Waals surface area contributed by atoms with Gasteiger partial charge in [0.05, 0.1) is 0 Å². The summed E-state index contributed by atoms with van der Waals surface area (Å²) in [4.78, 5) is 11.7. The van der Waals surface area contributed by atoms with Crippen LogP contribution in [0.5, 0.6) is 0 Å². The zero-order valence-electron chi connectivity index (χ0n) is 8.96. The van der Waals surface area contributed by atoms with E-state index >= 15 is 0 Å². The van der Waals surface area contributed by atoms with Crippen LogP contribution < -0.4 is 16.2 Å². The van der Waals surface area contributed by atoms with Gasteiger partial charge in [0, 0.05) is 11.7 Å². The van der Waals surface area contributed by atoms with E-state index in [0.29, 0.717) is 5.69 Å². The van der Waals surface area contributed by atoms with E-state index in [-0.39, 0.29) is 23.8 Å². The summed E-state index contributed by atoms with van der Waals surface area (Å²) >= 11 is 0. The lowest BCUT2D eigenvalue weighted by Gasteiger charge is -2.10. The number of carbonyl (C=O) groups excluding carboxylic acids is 1. The summed E-state index contributed by atoms with van der Waals surface area (Å²) in [7, 11) is 0. The quantitative estimate of drug-likeness (QED) is 0.701. The number of amides is 1. The molecule has 2 rings (SSSR count).